The van der Waals surface area contributed by atoms with Crippen LogP contribution in [0.2, 0.25) is 0 Å². The first-order chi connectivity index (χ1) is 4.92. The van der Waals surface area contributed by atoms with E-state index < -0.39 is 17.7 Å². The van der Waals surface area contributed by atoms with Crippen LogP contribution in [0, 0.1) is 0 Å². The third-order valence-corrected chi connectivity index (χ3v) is 1.52. The Morgan fingerprint density at radius 2 is 2.18 bits per heavy atom. The van der Waals surface area contributed by atoms with Crippen LogP contribution in [0.15, 0.2) is 0 Å². The summed E-state index contributed by atoms with van der Waals surface area (Å²) >= 11 is 0. The quantitative estimate of drug-likeness (QED) is 0.405. The second kappa shape index (κ2) is 3.66. The lowest BCUT2D eigenvalue weighted by Gasteiger charge is -2.23. The Morgan fingerprint density at radius 3 is 2.45 bits per heavy atom. The van der Waals surface area contributed by atoms with Gasteiger partial charge < -0.3 is 21.1 Å². The van der Waals surface area contributed by atoms with E-state index >= 15 is 0 Å². The minimum Gasteiger partial charge on any atom is -0.479 e. The van der Waals surface area contributed by atoms with E-state index in [-0.39, 0.29) is 13.0 Å². The smallest absolute Gasteiger partial charge is 0.338 e. The van der Waals surface area contributed by atoms with Crippen molar-refractivity contribution < 1.29 is 20.1 Å². The largest absolute Gasteiger partial charge is 0.479 e. The highest BCUT2D eigenvalue weighted by molar-refractivity contribution is 5.77. The average molecular weight is 163 g/mol. The number of aliphatic hydroxyl groups excluding tert-OH is 1. The molecular formula is C6H13NO4. The standard InChI is InChI=1S/C6H13NO4/c1-6(11,5(9)10)4(8)2-3-7/h4,8,11H,2-3,7H2,1H3,(H,9,10). The molecule has 0 amide bonds. The van der Waals surface area contributed by atoms with Gasteiger partial charge in [0.2, 0.25) is 0 Å². The maximum Gasteiger partial charge on any atom is 0.338 e. The second-order valence-electron chi connectivity index (χ2n) is 2.55. The van der Waals surface area contributed by atoms with E-state index in [1.54, 1.807) is 0 Å². The molecule has 11 heavy (non-hydrogen) atoms. The Hall–Kier alpha value is -0.650. The van der Waals surface area contributed by atoms with Gasteiger partial charge in [-0.25, -0.2) is 4.79 Å². The normalized spacial score (nSPS) is 18.9. The number of carboxylic acid groups (broad SMARTS) is 1. The number of hydrogen-bond acceptors (Lipinski definition) is 4. The molecule has 0 aromatic rings. The van der Waals surface area contributed by atoms with Crippen molar-refractivity contribution in [1.29, 1.82) is 0 Å². The molecule has 5 heteroatoms. The molecular weight excluding hydrogens is 150 g/mol. The lowest BCUT2D eigenvalue weighted by Crippen LogP contribution is -2.47. The second-order valence-corrected chi connectivity index (χ2v) is 2.55. The van der Waals surface area contributed by atoms with Crippen molar-refractivity contribution in [2.24, 2.45) is 5.73 Å². The topological polar surface area (TPSA) is 104 Å². The first-order valence-corrected chi connectivity index (χ1v) is 3.26. The number of carbonyl (C=O) groups is 1. The van der Waals surface area contributed by atoms with Crippen LogP contribution in [0.5, 0.6) is 0 Å². The number of hydrogen-bond donors (Lipinski definition) is 4. The molecule has 2 unspecified atom stereocenters. The summed E-state index contributed by atoms with van der Waals surface area (Å²) in [5, 5.41) is 26.5. The van der Waals surface area contributed by atoms with Crippen molar-refractivity contribution in [2.45, 2.75) is 25.0 Å². The maximum absolute atomic E-state index is 10.3. The Morgan fingerprint density at radius 1 is 1.73 bits per heavy atom. The molecule has 0 aromatic heterocycles. The summed E-state index contributed by atoms with van der Waals surface area (Å²) in [7, 11) is 0. The van der Waals surface area contributed by atoms with Crippen molar-refractivity contribution in [2.75, 3.05) is 6.54 Å². The van der Waals surface area contributed by atoms with E-state index in [2.05, 4.69) is 0 Å². The van der Waals surface area contributed by atoms with Crippen molar-refractivity contribution in [3.63, 3.8) is 0 Å². The maximum atomic E-state index is 10.3. The van der Waals surface area contributed by atoms with Gasteiger partial charge in [-0.1, -0.05) is 0 Å². The number of aliphatic carboxylic acids is 1. The Bertz CT molecular complexity index is 146. The molecule has 0 aliphatic heterocycles. The first-order valence-electron chi connectivity index (χ1n) is 3.26. The molecule has 0 heterocycles. The average Bonchev–Trinajstić information content (AvgIpc) is 1.88. The zero-order chi connectivity index (χ0) is 9.07. The molecule has 0 aromatic carbocycles. The summed E-state index contributed by atoms with van der Waals surface area (Å²) in [6, 6.07) is 0. The number of rotatable bonds is 4. The van der Waals surface area contributed by atoms with Crippen LogP contribution < -0.4 is 5.73 Å². The van der Waals surface area contributed by atoms with Crippen LogP contribution in [-0.4, -0.2) is 39.5 Å². The van der Waals surface area contributed by atoms with Gasteiger partial charge in [0, 0.05) is 0 Å². The first kappa shape index (κ1) is 10.3. The summed E-state index contributed by atoms with van der Waals surface area (Å²) in [4.78, 5) is 10.3. The van der Waals surface area contributed by atoms with Gasteiger partial charge in [0.1, 0.15) is 0 Å². The van der Waals surface area contributed by atoms with Gasteiger partial charge in [0.25, 0.3) is 0 Å². The SMILES string of the molecule is CC(O)(C(=O)O)C(O)CCN. The third-order valence-electron chi connectivity index (χ3n) is 1.52. The summed E-state index contributed by atoms with van der Waals surface area (Å²) in [6.07, 6.45) is -1.25. The van der Waals surface area contributed by atoms with Crippen molar-refractivity contribution in [3.8, 4) is 0 Å². The predicted octanol–water partition coefficient (Wildman–Crippen LogP) is -1.47. The zero-order valence-corrected chi connectivity index (χ0v) is 6.32. The highest BCUT2D eigenvalue weighted by Crippen LogP contribution is 2.12. The van der Waals surface area contributed by atoms with Crippen LogP contribution in [0.25, 0.3) is 0 Å². The highest BCUT2D eigenvalue weighted by Gasteiger charge is 2.37. The molecule has 0 saturated carbocycles. The van der Waals surface area contributed by atoms with Gasteiger partial charge in [-0.2, -0.15) is 0 Å². The molecule has 2 atom stereocenters. The number of aliphatic hydroxyl groups is 2. The summed E-state index contributed by atoms with van der Waals surface area (Å²) in [5.74, 6) is -1.45. The van der Waals surface area contributed by atoms with E-state index in [0.29, 0.717) is 0 Å². The third kappa shape index (κ3) is 2.45. The van der Waals surface area contributed by atoms with Gasteiger partial charge in [-0.15, -0.1) is 0 Å². The van der Waals surface area contributed by atoms with Crippen molar-refractivity contribution in [1.82, 2.24) is 0 Å². The zero-order valence-electron chi connectivity index (χ0n) is 6.32. The Kier molecular flexibility index (Phi) is 3.44. The molecule has 5 nitrogen and oxygen atoms in total. The molecule has 0 radical (unpaired) electrons. The Balaban J connectivity index is 4.17. The molecule has 0 bridgehead atoms. The molecule has 5 N–H and O–H groups in total. The van der Waals surface area contributed by atoms with Crippen LogP contribution in [-0.2, 0) is 4.79 Å². The van der Waals surface area contributed by atoms with Crippen LogP contribution in [0.4, 0.5) is 0 Å². The monoisotopic (exact) mass is 163 g/mol. The van der Waals surface area contributed by atoms with Gasteiger partial charge in [0.15, 0.2) is 5.60 Å². The van der Waals surface area contributed by atoms with E-state index in [9.17, 15) is 4.79 Å². The number of nitrogens with two attached hydrogens (primary N) is 1. The minimum absolute atomic E-state index is 0.0688. The Labute approximate surface area is 64.4 Å². The fourth-order valence-electron chi connectivity index (χ4n) is 0.581. The predicted molar refractivity (Wildman–Crippen MR) is 37.9 cm³/mol. The molecule has 66 valence electrons. The molecule has 0 rings (SSSR count). The highest BCUT2D eigenvalue weighted by atomic mass is 16.4. The van der Waals surface area contributed by atoms with Gasteiger partial charge in [-0.3, -0.25) is 0 Å². The number of carboxylic acids is 1. The summed E-state index contributed by atoms with van der Waals surface area (Å²) in [5.41, 5.74) is 2.96. The van der Waals surface area contributed by atoms with Gasteiger partial charge >= 0.3 is 5.97 Å². The van der Waals surface area contributed by atoms with Crippen LogP contribution >= 0.6 is 0 Å². The van der Waals surface area contributed by atoms with E-state index in [0.717, 1.165) is 6.92 Å². The molecule has 0 fully saturated rings. The minimum atomic E-state index is -2.10. The molecule has 0 saturated heterocycles. The lowest BCUT2D eigenvalue weighted by atomic mass is 9.97. The van der Waals surface area contributed by atoms with E-state index in [1.807, 2.05) is 0 Å². The fraction of sp³-hybridized carbons (Fsp3) is 0.833. The molecule has 0 spiro atoms. The van der Waals surface area contributed by atoms with Crippen LogP contribution in [0.1, 0.15) is 13.3 Å². The lowest BCUT2D eigenvalue weighted by molar-refractivity contribution is -0.168. The molecule has 0 aliphatic carbocycles. The summed E-state index contributed by atoms with van der Waals surface area (Å²) in [6.45, 7) is 1.18. The van der Waals surface area contributed by atoms with Gasteiger partial charge in [-0.05, 0) is 19.9 Å². The van der Waals surface area contributed by atoms with Crippen LogP contribution in [0.3, 0.4) is 0 Å². The summed E-state index contributed by atoms with van der Waals surface area (Å²) < 4.78 is 0. The van der Waals surface area contributed by atoms with E-state index in [4.69, 9.17) is 21.1 Å². The fourth-order valence-corrected chi connectivity index (χ4v) is 0.581. The van der Waals surface area contributed by atoms with E-state index in [1.165, 1.54) is 0 Å². The molecule has 0 aliphatic rings. The van der Waals surface area contributed by atoms with Crippen molar-refractivity contribution >= 4 is 5.97 Å². The van der Waals surface area contributed by atoms with Crippen molar-refractivity contribution in [3.05, 3.63) is 0 Å². The van der Waals surface area contributed by atoms with Gasteiger partial charge in [0.05, 0.1) is 6.10 Å².